The van der Waals surface area contributed by atoms with Gasteiger partial charge in [-0.3, -0.25) is 4.57 Å². The number of nitrogens with zero attached hydrogens (tertiary/aromatic N) is 4. The second kappa shape index (κ2) is 11.4. The third kappa shape index (κ3) is 4.60. The maximum absolute atomic E-state index is 6.28. The van der Waals surface area contributed by atoms with Crippen LogP contribution in [0.1, 0.15) is 0 Å². The summed E-state index contributed by atoms with van der Waals surface area (Å²) in [4.78, 5) is 15.4. The Bertz CT molecular complexity index is 2800. The highest BCUT2D eigenvalue weighted by Crippen LogP contribution is 2.40. The number of hydrogen-bond donors (Lipinski definition) is 0. The van der Waals surface area contributed by atoms with E-state index >= 15 is 0 Å². The first-order chi connectivity index (χ1) is 24.8. The molecule has 7 aromatic carbocycles. The van der Waals surface area contributed by atoms with Crippen LogP contribution in [0.25, 0.3) is 94.7 Å². The Morgan fingerprint density at radius 2 is 0.920 bits per heavy atom. The van der Waals surface area contributed by atoms with Gasteiger partial charge < -0.3 is 4.42 Å². The molecule has 234 valence electrons. The minimum atomic E-state index is 0.562. The van der Waals surface area contributed by atoms with Gasteiger partial charge in [0.25, 0.3) is 0 Å². The van der Waals surface area contributed by atoms with E-state index in [0.29, 0.717) is 17.6 Å². The molecule has 0 bridgehead atoms. The fourth-order valence-electron chi connectivity index (χ4n) is 7.12. The smallest absolute Gasteiger partial charge is 0.238 e. The first-order valence-corrected chi connectivity index (χ1v) is 16.7. The summed E-state index contributed by atoms with van der Waals surface area (Å²) in [5.41, 5.74) is 10.1. The molecule has 0 spiro atoms. The van der Waals surface area contributed by atoms with Crippen LogP contribution in [0.4, 0.5) is 0 Å². The van der Waals surface area contributed by atoms with Crippen LogP contribution in [0.3, 0.4) is 0 Å². The van der Waals surface area contributed by atoms with Gasteiger partial charge in [0.15, 0.2) is 11.6 Å². The molecule has 0 N–H and O–H groups in total. The Hall–Kier alpha value is -6.85. The van der Waals surface area contributed by atoms with E-state index in [9.17, 15) is 0 Å². The Labute approximate surface area is 287 Å². The lowest BCUT2D eigenvalue weighted by Crippen LogP contribution is -2.06. The summed E-state index contributed by atoms with van der Waals surface area (Å²) < 4.78 is 8.48. The molecule has 0 saturated heterocycles. The van der Waals surface area contributed by atoms with Gasteiger partial charge in [-0.25, -0.2) is 4.98 Å². The number of benzene rings is 7. The van der Waals surface area contributed by atoms with Crippen LogP contribution in [0, 0.1) is 0 Å². The fourth-order valence-corrected chi connectivity index (χ4v) is 7.12. The molecule has 3 aromatic heterocycles. The zero-order valence-corrected chi connectivity index (χ0v) is 26.9. The Morgan fingerprint density at radius 1 is 0.380 bits per heavy atom. The predicted octanol–water partition coefficient (Wildman–Crippen LogP) is 11.5. The van der Waals surface area contributed by atoms with Crippen LogP contribution in [-0.2, 0) is 0 Å². The van der Waals surface area contributed by atoms with Crippen LogP contribution < -0.4 is 0 Å². The molecule has 5 heteroatoms. The van der Waals surface area contributed by atoms with Gasteiger partial charge in [-0.1, -0.05) is 146 Å². The molecule has 0 aliphatic heterocycles. The highest BCUT2D eigenvalue weighted by Gasteiger charge is 2.20. The maximum Gasteiger partial charge on any atom is 0.238 e. The molecule has 10 rings (SSSR count). The molecule has 0 amide bonds. The predicted molar refractivity (Wildman–Crippen MR) is 203 cm³/mol. The number of hydrogen-bond acceptors (Lipinski definition) is 4. The first kappa shape index (κ1) is 28.2. The van der Waals surface area contributed by atoms with Crippen LogP contribution in [0.2, 0.25) is 0 Å². The van der Waals surface area contributed by atoms with Crippen molar-refractivity contribution in [1.82, 2.24) is 19.5 Å². The average Bonchev–Trinajstić information content (AvgIpc) is 3.74. The summed E-state index contributed by atoms with van der Waals surface area (Å²) in [5, 5.41) is 4.45. The summed E-state index contributed by atoms with van der Waals surface area (Å²) >= 11 is 0. The molecule has 5 nitrogen and oxygen atoms in total. The highest BCUT2D eigenvalue weighted by molar-refractivity contribution is 6.15. The van der Waals surface area contributed by atoms with Crippen molar-refractivity contribution in [1.29, 1.82) is 0 Å². The molecule has 50 heavy (non-hydrogen) atoms. The molecule has 0 atom stereocenters. The molecule has 0 aliphatic carbocycles. The molecular weight excluding hydrogens is 613 g/mol. The van der Waals surface area contributed by atoms with Crippen molar-refractivity contribution in [3.8, 4) is 51.0 Å². The lowest BCUT2D eigenvalue weighted by Gasteiger charge is -2.12. The Kier molecular flexibility index (Phi) is 6.42. The fraction of sp³-hybridized carbons (Fsp3) is 0. The van der Waals surface area contributed by atoms with E-state index in [1.807, 2.05) is 84.9 Å². The van der Waals surface area contributed by atoms with Crippen molar-refractivity contribution in [2.45, 2.75) is 0 Å². The number of para-hydroxylation sites is 1. The van der Waals surface area contributed by atoms with Gasteiger partial charge in [0.2, 0.25) is 5.95 Å². The quantitative estimate of drug-likeness (QED) is 0.188. The number of aromatic nitrogens is 4. The van der Waals surface area contributed by atoms with E-state index in [1.54, 1.807) is 0 Å². The second-order valence-electron chi connectivity index (χ2n) is 12.5. The van der Waals surface area contributed by atoms with E-state index in [1.165, 1.54) is 0 Å². The van der Waals surface area contributed by atoms with E-state index in [4.69, 9.17) is 19.4 Å². The molecule has 0 radical (unpaired) electrons. The van der Waals surface area contributed by atoms with Crippen LogP contribution in [-0.4, -0.2) is 19.5 Å². The zero-order chi connectivity index (χ0) is 33.0. The molecule has 0 unspecified atom stereocenters. The average molecular weight is 641 g/mol. The van der Waals surface area contributed by atoms with Gasteiger partial charge in [-0.05, 0) is 46.5 Å². The largest absolute Gasteiger partial charge is 0.456 e. The summed E-state index contributed by atoms with van der Waals surface area (Å²) in [6, 6.07) is 58.6. The lowest BCUT2D eigenvalue weighted by molar-refractivity contribution is 0.669. The van der Waals surface area contributed by atoms with Gasteiger partial charge in [-0.15, -0.1) is 0 Å². The number of fused-ring (bicyclic) bond motifs is 6. The van der Waals surface area contributed by atoms with Crippen molar-refractivity contribution in [3.63, 3.8) is 0 Å². The molecule has 0 saturated carbocycles. The van der Waals surface area contributed by atoms with Crippen molar-refractivity contribution in [2.24, 2.45) is 0 Å². The molecular formula is C45H28N4O. The molecule has 10 aromatic rings. The van der Waals surface area contributed by atoms with Crippen molar-refractivity contribution in [2.75, 3.05) is 0 Å². The topological polar surface area (TPSA) is 56.7 Å². The summed E-state index contributed by atoms with van der Waals surface area (Å²) in [5.74, 6) is 1.80. The zero-order valence-electron chi connectivity index (χ0n) is 26.9. The maximum atomic E-state index is 6.28. The van der Waals surface area contributed by atoms with Crippen molar-refractivity contribution >= 4 is 43.7 Å². The van der Waals surface area contributed by atoms with Gasteiger partial charge >= 0.3 is 0 Å². The van der Waals surface area contributed by atoms with Crippen LogP contribution >= 0.6 is 0 Å². The Morgan fingerprint density at radius 3 is 1.58 bits per heavy atom. The van der Waals surface area contributed by atoms with E-state index in [2.05, 4.69) is 89.5 Å². The van der Waals surface area contributed by atoms with Crippen LogP contribution in [0.15, 0.2) is 174 Å². The standard InChI is InChI=1S/C45H28N4O/c1-4-13-29(14-5-1)32-23-25-35-36-26-24-33(34-20-12-22-41-42(34)37-19-10-11-21-40(37)50-41)28-39(36)49(38(35)27-32)45-47-43(30-15-6-2-7-16-30)46-44(48-45)31-17-8-3-9-18-31/h1-28H. The van der Waals surface area contributed by atoms with Gasteiger partial charge in [0.1, 0.15) is 11.2 Å². The van der Waals surface area contributed by atoms with Gasteiger partial charge in [0.05, 0.1) is 11.0 Å². The van der Waals surface area contributed by atoms with Crippen molar-refractivity contribution in [3.05, 3.63) is 170 Å². The van der Waals surface area contributed by atoms with Crippen LogP contribution in [0.5, 0.6) is 0 Å². The summed E-state index contributed by atoms with van der Waals surface area (Å²) in [6.07, 6.45) is 0. The van der Waals surface area contributed by atoms with E-state index in [-0.39, 0.29) is 0 Å². The molecule has 0 fully saturated rings. The molecule has 0 aliphatic rings. The summed E-state index contributed by atoms with van der Waals surface area (Å²) in [6.45, 7) is 0. The second-order valence-corrected chi connectivity index (χ2v) is 12.5. The first-order valence-electron chi connectivity index (χ1n) is 16.7. The van der Waals surface area contributed by atoms with Gasteiger partial charge in [-0.2, -0.15) is 9.97 Å². The third-order valence-corrected chi connectivity index (χ3v) is 9.48. The minimum Gasteiger partial charge on any atom is -0.456 e. The minimum absolute atomic E-state index is 0.562. The SMILES string of the molecule is c1ccc(-c2ccc3c4ccc(-c5cccc6oc7ccccc7c56)cc4n(-c4nc(-c5ccccc5)nc(-c5ccccc5)n4)c3c2)cc1. The number of rotatable bonds is 5. The van der Waals surface area contributed by atoms with Crippen molar-refractivity contribution < 1.29 is 4.42 Å². The third-order valence-electron chi connectivity index (χ3n) is 9.48. The van der Waals surface area contributed by atoms with E-state index < -0.39 is 0 Å². The van der Waals surface area contributed by atoms with E-state index in [0.717, 1.165) is 77.1 Å². The monoisotopic (exact) mass is 640 g/mol. The lowest BCUT2D eigenvalue weighted by atomic mass is 9.98. The normalized spacial score (nSPS) is 11.6. The highest BCUT2D eigenvalue weighted by atomic mass is 16.3. The number of furan rings is 1. The Balaban J connectivity index is 1.29. The van der Waals surface area contributed by atoms with Gasteiger partial charge in [0, 0.05) is 32.7 Å². The summed E-state index contributed by atoms with van der Waals surface area (Å²) in [7, 11) is 0. The molecule has 3 heterocycles.